The van der Waals surface area contributed by atoms with Crippen LogP contribution in [0, 0.1) is 0 Å². The highest BCUT2D eigenvalue weighted by Crippen LogP contribution is 2.39. The van der Waals surface area contributed by atoms with Crippen molar-refractivity contribution >= 4 is 28.3 Å². The summed E-state index contributed by atoms with van der Waals surface area (Å²) in [5, 5.41) is -0.458. The molecule has 0 unspecified atom stereocenters. The minimum absolute atomic E-state index is 0.00431. The molecule has 0 spiro atoms. The number of oxazole rings is 1. The first-order valence-electron chi connectivity index (χ1n) is 7.04. The van der Waals surface area contributed by atoms with Gasteiger partial charge in [-0.25, -0.2) is 4.98 Å². The van der Waals surface area contributed by atoms with Gasteiger partial charge in [-0.1, -0.05) is 55.8 Å². The highest BCUT2D eigenvalue weighted by atomic mass is 35.5. The van der Waals surface area contributed by atoms with Gasteiger partial charge in [0.2, 0.25) is 5.89 Å². The molecule has 2 rings (SSSR count). The molecule has 0 radical (unpaired) electrons. The van der Waals surface area contributed by atoms with Crippen LogP contribution in [0.25, 0.3) is 16.7 Å². The molecule has 0 fully saturated rings. The summed E-state index contributed by atoms with van der Waals surface area (Å²) < 4.78 is 44.2. The lowest BCUT2D eigenvalue weighted by Crippen LogP contribution is -2.05. The normalized spacial score (nSPS) is 13.2. The molecule has 0 N–H and O–H groups in total. The van der Waals surface area contributed by atoms with Crippen LogP contribution in [0.2, 0.25) is 5.02 Å². The Bertz CT molecular complexity index is 772. The van der Waals surface area contributed by atoms with E-state index in [9.17, 15) is 13.2 Å². The molecular weight excluding hydrogens is 327 g/mol. The fraction of sp³-hybridized carbons (Fsp3) is 0.235. The Kier molecular flexibility index (Phi) is 5.31. The molecule has 0 saturated carbocycles. The van der Waals surface area contributed by atoms with Gasteiger partial charge >= 0.3 is 6.18 Å². The molecule has 2 nitrogen and oxygen atoms in total. The van der Waals surface area contributed by atoms with E-state index < -0.39 is 16.8 Å². The number of fused-ring (bicyclic) bond motifs is 1. The van der Waals surface area contributed by atoms with Gasteiger partial charge in [-0.15, -0.1) is 0 Å². The summed E-state index contributed by atoms with van der Waals surface area (Å²) in [5.41, 5.74) is -0.108. The SMILES string of the molecule is C=C/C=C(\C=C/CCC)c1nc2c(Cl)c(C(F)(F)F)ccc2o1. The highest BCUT2D eigenvalue weighted by Gasteiger charge is 2.34. The van der Waals surface area contributed by atoms with Crippen molar-refractivity contribution in [3.63, 3.8) is 0 Å². The molecule has 0 bridgehead atoms. The Morgan fingerprint density at radius 1 is 1.39 bits per heavy atom. The van der Waals surface area contributed by atoms with E-state index in [1.54, 1.807) is 18.2 Å². The van der Waals surface area contributed by atoms with E-state index in [4.69, 9.17) is 16.0 Å². The quantitative estimate of drug-likeness (QED) is 0.586. The molecule has 1 aromatic carbocycles. The molecule has 0 atom stereocenters. The number of rotatable bonds is 5. The van der Waals surface area contributed by atoms with Gasteiger partial charge in [-0.05, 0) is 18.6 Å². The largest absolute Gasteiger partial charge is 0.436 e. The maximum atomic E-state index is 12.9. The average Bonchev–Trinajstić information content (AvgIpc) is 2.90. The van der Waals surface area contributed by atoms with Gasteiger partial charge in [0.05, 0.1) is 10.6 Å². The molecule has 23 heavy (non-hydrogen) atoms. The second-order valence-electron chi connectivity index (χ2n) is 4.84. The second kappa shape index (κ2) is 7.04. The number of hydrogen-bond acceptors (Lipinski definition) is 2. The van der Waals surface area contributed by atoms with Crippen LogP contribution in [0.15, 0.2) is 47.4 Å². The maximum absolute atomic E-state index is 12.9. The summed E-state index contributed by atoms with van der Waals surface area (Å²) in [7, 11) is 0. The van der Waals surface area contributed by atoms with Crippen molar-refractivity contribution in [1.82, 2.24) is 4.98 Å². The third kappa shape index (κ3) is 3.85. The fourth-order valence-electron chi connectivity index (χ4n) is 2.01. The van der Waals surface area contributed by atoms with Gasteiger partial charge in [0, 0.05) is 5.57 Å². The van der Waals surface area contributed by atoms with Crippen LogP contribution in [0.4, 0.5) is 13.2 Å². The fourth-order valence-corrected chi connectivity index (χ4v) is 2.31. The standard InChI is InChI=1S/C17H15ClF3NO/c1-3-5-6-8-11(7-4-2)16-22-15-13(23-16)10-9-12(14(15)18)17(19,20)21/h4,6-10H,2-3,5H2,1H3/b8-6-,11-7+. The third-order valence-corrected chi connectivity index (χ3v) is 3.48. The number of aromatic nitrogens is 1. The van der Waals surface area contributed by atoms with Crippen LogP contribution in [-0.4, -0.2) is 4.98 Å². The summed E-state index contributed by atoms with van der Waals surface area (Å²) >= 11 is 5.85. The van der Waals surface area contributed by atoms with Gasteiger partial charge in [0.25, 0.3) is 0 Å². The molecule has 2 aromatic rings. The van der Waals surface area contributed by atoms with Crippen molar-refractivity contribution in [2.45, 2.75) is 25.9 Å². The first-order chi connectivity index (χ1) is 10.9. The van der Waals surface area contributed by atoms with E-state index in [1.165, 1.54) is 6.07 Å². The Hall–Kier alpha value is -2.01. The minimum atomic E-state index is -4.54. The van der Waals surface area contributed by atoms with Crippen LogP contribution in [0.1, 0.15) is 31.2 Å². The van der Waals surface area contributed by atoms with Crippen molar-refractivity contribution in [2.24, 2.45) is 0 Å². The predicted molar refractivity (Wildman–Crippen MR) is 86.2 cm³/mol. The van der Waals surface area contributed by atoms with Gasteiger partial charge in [-0.2, -0.15) is 13.2 Å². The second-order valence-corrected chi connectivity index (χ2v) is 5.22. The van der Waals surface area contributed by atoms with E-state index in [0.717, 1.165) is 18.9 Å². The molecule has 1 heterocycles. The number of allylic oxidation sites excluding steroid dienone is 5. The zero-order chi connectivity index (χ0) is 17.0. The van der Waals surface area contributed by atoms with E-state index in [2.05, 4.69) is 11.6 Å². The molecular formula is C17H15ClF3NO. The number of hydrogen-bond donors (Lipinski definition) is 0. The van der Waals surface area contributed by atoms with Crippen molar-refractivity contribution in [1.29, 1.82) is 0 Å². The van der Waals surface area contributed by atoms with E-state index >= 15 is 0 Å². The van der Waals surface area contributed by atoms with E-state index in [1.807, 2.05) is 13.0 Å². The lowest BCUT2D eigenvalue weighted by atomic mass is 10.2. The van der Waals surface area contributed by atoms with Crippen molar-refractivity contribution in [3.8, 4) is 0 Å². The summed E-state index contributed by atoms with van der Waals surface area (Å²) in [6.45, 7) is 5.66. The van der Waals surface area contributed by atoms with Gasteiger partial charge in [-0.3, -0.25) is 0 Å². The summed E-state index contributed by atoms with van der Waals surface area (Å²) in [6.07, 6.45) is 4.28. The molecule has 0 aliphatic heterocycles. The smallest absolute Gasteiger partial charge is 0.417 e. The molecule has 122 valence electrons. The van der Waals surface area contributed by atoms with Gasteiger partial charge in [0.15, 0.2) is 5.58 Å². The molecule has 0 saturated heterocycles. The zero-order valence-corrected chi connectivity index (χ0v) is 13.2. The van der Waals surface area contributed by atoms with E-state index in [0.29, 0.717) is 5.57 Å². The molecule has 0 aliphatic rings. The number of halogens is 4. The molecule has 1 aromatic heterocycles. The zero-order valence-electron chi connectivity index (χ0n) is 12.5. The Morgan fingerprint density at radius 3 is 2.74 bits per heavy atom. The molecule has 0 amide bonds. The Balaban J connectivity index is 2.53. The first kappa shape index (κ1) is 17.3. The van der Waals surface area contributed by atoms with Crippen LogP contribution >= 0.6 is 11.6 Å². The third-order valence-electron chi connectivity index (χ3n) is 3.10. The monoisotopic (exact) mass is 341 g/mol. The first-order valence-corrected chi connectivity index (χ1v) is 7.42. The van der Waals surface area contributed by atoms with Crippen LogP contribution in [0.3, 0.4) is 0 Å². The van der Waals surface area contributed by atoms with Crippen LogP contribution in [-0.2, 0) is 6.18 Å². The Labute approximate surface area is 137 Å². The van der Waals surface area contributed by atoms with Gasteiger partial charge < -0.3 is 4.42 Å². The van der Waals surface area contributed by atoms with Crippen molar-refractivity contribution in [3.05, 3.63) is 59.5 Å². The number of benzene rings is 1. The number of unbranched alkanes of at least 4 members (excludes halogenated alkanes) is 1. The van der Waals surface area contributed by atoms with Crippen molar-refractivity contribution in [2.75, 3.05) is 0 Å². The van der Waals surface area contributed by atoms with Crippen molar-refractivity contribution < 1.29 is 17.6 Å². The predicted octanol–water partition coefficient (Wildman–Crippen LogP) is 6.43. The molecule has 6 heteroatoms. The minimum Gasteiger partial charge on any atom is -0.436 e. The topological polar surface area (TPSA) is 26.0 Å². The lowest BCUT2D eigenvalue weighted by Gasteiger charge is -2.07. The van der Waals surface area contributed by atoms with Gasteiger partial charge in [0.1, 0.15) is 5.52 Å². The lowest BCUT2D eigenvalue weighted by molar-refractivity contribution is -0.137. The highest BCUT2D eigenvalue weighted by molar-refractivity contribution is 6.35. The number of nitrogens with zero attached hydrogens (tertiary/aromatic N) is 1. The maximum Gasteiger partial charge on any atom is 0.417 e. The summed E-state index contributed by atoms with van der Waals surface area (Å²) in [4.78, 5) is 4.12. The summed E-state index contributed by atoms with van der Waals surface area (Å²) in [5.74, 6) is 0.202. The summed E-state index contributed by atoms with van der Waals surface area (Å²) in [6, 6.07) is 2.12. The Morgan fingerprint density at radius 2 is 2.13 bits per heavy atom. The average molecular weight is 342 g/mol. The van der Waals surface area contributed by atoms with Crippen LogP contribution < -0.4 is 0 Å². The van der Waals surface area contributed by atoms with E-state index in [-0.39, 0.29) is 17.0 Å². The number of alkyl halides is 3. The molecule has 0 aliphatic carbocycles. The van der Waals surface area contributed by atoms with Crippen LogP contribution in [0.5, 0.6) is 0 Å².